The lowest BCUT2D eigenvalue weighted by Crippen LogP contribution is -2.59. The van der Waals surface area contributed by atoms with E-state index in [2.05, 4.69) is 10.6 Å². The van der Waals surface area contributed by atoms with Gasteiger partial charge in [-0.25, -0.2) is 0 Å². The molecule has 8 nitrogen and oxygen atoms in total. The molecule has 0 aromatic heterocycles. The number of ether oxygens (including phenoxy) is 2. The summed E-state index contributed by atoms with van der Waals surface area (Å²) in [4.78, 5) is 38.2. The van der Waals surface area contributed by atoms with Gasteiger partial charge in [0.1, 0.15) is 12.6 Å². The summed E-state index contributed by atoms with van der Waals surface area (Å²) in [7, 11) is 1.52. The number of piperidine rings is 1. The molecule has 1 unspecified atom stereocenters. The van der Waals surface area contributed by atoms with Crippen LogP contribution in [0.5, 0.6) is 0 Å². The minimum atomic E-state index is -0.777. The molecule has 2 aliphatic rings. The van der Waals surface area contributed by atoms with E-state index >= 15 is 0 Å². The molecule has 8 heteroatoms. The molecule has 2 amide bonds. The molecule has 0 aromatic carbocycles. The van der Waals surface area contributed by atoms with Crippen LogP contribution in [0.1, 0.15) is 19.3 Å². The first-order valence-corrected chi connectivity index (χ1v) is 8.07. The molecule has 0 bridgehead atoms. The average molecular weight is 327 g/mol. The zero-order chi connectivity index (χ0) is 16.7. The van der Waals surface area contributed by atoms with Crippen molar-refractivity contribution in [3.63, 3.8) is 0 Å². The van der Waals surface area contributed by atoms with Crippen LogP contribution < -0.4 is 10.6 Å². The van der Waals surface area contributed by atoms with Gasteiger partial charge in [-0.1, -0.05) is 0 Å². The normalized spacial score (nSPS) is 22.6. The molecular weight excluding hydrogens is 302 g/mol. The summed E-state index contributed by atoms with van der Waals surface area (Å²) in [5.74, 6) is -0.889. The van der Waals surface area contributed by atoms with Crippen molar-refractivity contribution in [2.24, 2.45) is 5.92 Å². The molecule has 0 saturated carbocycles. The Balaban J connectivity index is 1.96. The third kappa shape index (κ3) is 4.90. The summed E-state index contributed by atoms with van der Waals surface area (Å²) in [6.45, 7) is 2.92. The Hall–Kier alpha value is -1.67. The fourth-order valence-electron chi connectivity index (χ4n) is 2.94. The maximum atomic E-state index is 12.7. The van der Waals surface area contributed by atoms with Crippen LogP contribution in [0, 0.1) is 5.92 Å². The second-order valence-electron chi connectivity index (χ2n) is 5.78. The van der Waals surface area contributed by atoms with E-state index in [0.29, 0.717) is 19.7 Å². The minimum absolute atomic E-state index is 0.0314. The van der Waals surface area contributed by atoms with Gasteiger partial charge in [-0.3, -0.25) is 14.4 Å². The van der Waals surface area contributed by atoms with Gasteiger partial charge in [0.2, 0.25) is 11.8 Å². The van der Waals surface area contributed by atoms with Crippen molar-refractivity contribution in [1.29, 1.82) is 0 Å². The molecule has 2 N–H and O–H groups in total. The Labute approximate surface area is 135 Å². The lowest BCUT2D eigenvalue weighted by Gasteiger charge is -2.37. The number of methoxy groups -OCH3 is 1. The number of carbonyl (C=O) groups excluding carboxylic acids is 3. The fraction of sp³-hybridized carbons (Fsp3) is 0.800. The molecule has 2 aliphatic heterocycles. The van der Waals surface area contributed by atoms with Gasteiger partial charge in [0.05, 0.1) is 13.0 Å². The average Bonchev–Trinajstić information content (AvgIpc) is 2.57. The van der Waals surface area contributed by atoms with E-state index in [1.807, 2.05) is 0 Å². The maximum Gasteiger partial charge on any atom is 0.308 e. The van der Waals surface area contributed by atoms with E-state index in [0.717, 1.165) is 25.9 Å². The molecule has 2 heterocycles. The first-order valence-electron chi connectivity index (χ1n) is 8.07. The van der Waals surface area contributed by atoms with Gasteiger partial charge in [-0.05, 0) is 25.9 Å². The lowest BCUT2D eigenvalue weighted by atomic mass is 9.95. The number of amides is 2. The predicted octanol–water partition coefficient (Wildman–Crippen LogP) is -1.11. The minimum Gasteiger partial charge on any atom is -0.463 e. The van der Waals surface area contributed by atoms with Crippen LogP contribution in [-0.2, 0) is 23.9 Å². The molecule has 2 saturated heterocycles. The van der Waals surface area contributed by atoms with Crippen LogP contribution >= 0.6 is 0 Å². The highest BCUT2D eigenvalue weighted by molar-refractivity contribution is 5.92. The quantitative estimate of drug-likeness (QED) is 0.474. The number of piperazine rings is 1. The van der Waals surface area contributed by atoms with Crippen molar-refractivity contribution in [1.82, 2.24) is 15.5 Å². The van der Waals surface area contributed by atoms with Crippen molar-refractivity contribution in [3.05, 3.63) is 0 Å². The van der Waals surface area contributed by atoms with Crippen molar-refractivity contribution >= 4 is 17.8 Å². The number of esters is 1. The Kier molecular flexibility index (Phi) is 6.79. The van der Waals surface area contributed by atoms with Crippen LogP contribution in [0.15, 0.2) is 0 Å². The Morgan fingerprint density at radius 1 is 1.22 bits per heavy atom. The molecule has 130 valence electrons. The molecule has 2 fully saturated rings. The molecule has 0 aliphatic carbocycles. The summed E-state index contributed by atoms with van der Waals surface area (Å²) in [5, 5.41) is 5.93. The highest BCUT2D eigenvalue weighted by atomic mass is 16.6. The third-order valence-electron chi connectivity index (χ3n) is 4.21. The molecule has 2 rings (SSSR count). The van der Waals surface area contributed by atoms with Crippen LogP contribution in [-0.4, -0.2) is 75.2 Å². The molecule has 0 aromatic rings. The van der Waals surface area contributed by atoms with Crippen molar-refractivity contribution in [2.45, 2.75) is 25.3 Å². The largest absolute Gasteiger partial charge is 0.463 e. The van der Waals surface area contributed by atoms with Crippen LogP contribution in [0.2, 0.25) is 0 Å². The topological polar surface area (TPSA) is 97.0 Å². The maximum absolute atomic E-state index is 12.7. The highest BCUT2D eigenvalue weighted by Gasteiger charge is 2.37. The summed E-state index contributed by atoms with van der Waals surface area (Å²) < 4.78 is 9.83. The standard InChI is InChI=1S/C15H25N3O5/c1-22-8-9-23-13(19)10-12-14(20)17-6-7-18(12)15(21)11-2-4-16-5-3-11/h11-12,16H,2-10H2,1H3,(H,17,20). The van der Waals surface area contributed by atoms with E-state index in [4.69, 9.17) is 9.47 Å². The SMILES string of the molecule is COCCOC(=O)CC1C(=O)NCCN1C(=O)C1CCNCC1. The van der Waals surface area contributed by atoms with Gasteiger partial charge < -0.3 is 25.0 Å². The molecular formula is C15H25N3O5. The lowest BCUT2D eigenvalue weighted by molar-refractivity contribution is -0.154. The third-order valence-corrected chi connectivity index (χ3v) is 4.21. The molecule has 0 spiro atoms. The van der Waals surface area contributed by atoms with Gasteiger partial charge >= 0.3 is 5.97 Å². The second kappa shape index (κ2) is 8.83. The Morgan fingerprint density at radius 3 is 2.65 bits per heavy atom. The first kappa shape index (κ1) is 17.7. The van der Waals surface area contributed by atoms with Crippen LogP contribution in [0.4, 0.5) is 0 Å². The van der Waals surface area contributed by atoms with Crippen molar-refractivity contribution in [2.75, 3.05) is 46.5 Å². The molecule has 23 heavy (non-hydrogen) atoms. The van der Waals surface area contributed by atoms with Gasteiger partial charge in [0.15, 0.2) is 0 Å². The van der Waals surface area contributed by atoms with E-state index in [1.54, 1.807) is 4.90 Å². The summed E-state index contributed by atoms with van der Waals surface area (Å²) in [6, 6.07) is -0.777. The molecule has 1 atom stereocenters. The number of rotatable bonds is 6. The predicted molar refractivity (Wildman–Crippen MR) is 81.6 cm³/mol. The number of nitrogens with one attached hydrogen (secondary N) is 2. The zero-order valence-electron chi connectivity index (χ0n) is 13.5. The van der Waals surface area contributed by atoms with Gasteiger partial charge in [0, 0.05) is 26.1 Å². The Bertz CT molecular complexity index is 437. The van der Waals surface area contributed by atoms with Crippen molar-refractivity contribution in [3.8, 4) is 0 Å². The summed E-state index contributed by atoms with van der Waals surface area (Å²) in [5.41, 5.74) is 0. The second-order valence-corrected chi connectivity index (χ2v) is 5.78. The summed E-state index contributed by atoms with van der Waals surface area (Å²) in [6.07, 6.45) is 1.41. The van der Waals surface area contributed by atoms with E-state index in [-0.39, 0.29) is 30.8 Å². The van der Waals surface area contributed by atoms with Gasteiger partial charge in [-0.2, -0.15) is 0 Å². The Morgan fingerprint density at radius 2 is 1.96 bits per heavy atom. The number of hydrogen-bond acceptors (Lipinski definition) is 6. The van der Waals surface area contributed by atoms with E-state index < -0.39 is 12.0 Å². The van der Waals surface area contributed by atoms with E-state index in [9.17, 15) is 14.4 Å². The van der Waals surface area contributed by atoms with Gasteiger partial charge in [-0.15, -0.1) is 0 Å². The number of nitrogens with zero attached hydrogens (tertiary/aromatic N) is 1. The van der Waals surface area contributed by atoms with Crippen LogP contribution in [0.3, 0.4) is 0 Å². The first-order chi connectivity index (χ1) is 11.1. The van der Waals surface area contributed by atoms with Gasteiger partial charge in [0.25, 0.3) is 0 Å². The highest BCUT2D eigenvalue weighted by Crippen LogP contribution is 2.19. The monoisotopic (exact) mass is 327 g/mol. The smallest absolute Gasteiger partial charge is 0.308 e. The zero-order valence-corrected chi connectivity index (χ0v) is 13.5. The molecule has 0 radical (unpaired) electrons. The van der Waals surface area contributed by atoms with E-state index in [1.165, 1.54) is 7.11 Å². The van der Waals surface area contributed by atoms with Crippen LogP contribution in [0.25, 0.3) is 0 Å². The van der Waals surface area contributed by atoms with Crippen molar-refractivity contribution < 1.29 is 23.9 Å². The number of carbonyl (C=O) groups is 3. The summed E-state index contributed by atoms with van der Waals surface area (Å²) >= 11 is 0. The number of hydrogen-bond donors (Lipinski definition) is 2. The fourth-order valence-corrected chi connectivity index (χ4v) is 2.94.